The Bertz CT molecular complexity index is 1260. The number of rotatable bonds is 9. The zero-order chi connectivity index (χ0) is 24.9. The molecule has 0 aromatic heterocycles. The highest BCUT2D eigenvalue weighted by molar-refractivity contribution is 7.92. The Kier molecular flexibility index (Phi) is 8.23. The molecule has 0 saturated heterocycles. The Balaban J connectivity index is 1.91. The number of nitrogens with zero attached hydrogens (tertiary/aromatic N) is 1. The van der Waals surface area contributed by atoms with Gasteiger partial charge in [-0.3, -0.25) is 9.10 Å². The molecule has 0 radical (unpaired) electrons. The van der Waals surface area contributed by atoms with Crippen LogP contribution in [0.15, 0.2) is 71.6 Å². The molecule has 1 N–H and O–H groups in total. The highest BCUT2D eigenvalue weighted by atomic mass is 35.5. The molecule has 3 aromatic carbocycles. The number of carbonyl (C=O) groups is 1. The van der Waals surface area contributed by atoms with Gasteiger partial charge in [-0.1, -0.05) is 48.9 Å². The molecule has 0 saturated carbocycles. The van der Waals surface area contributed by atoms with Crippen LogP contribution >= 0.6 is 11.6 Å². The second kappa shape index (κ2) is 10.9. The number of benzene rings is 3. The third-order valence-corrected chi connectivity index (χ3v) is 7.66. The topological polar surface area (TPSA) is 75.7 Å². The second-order valence-corrected chi connectivity index (χ2v) is 10.3. The van der Waals surface area contributed by atoms with Gasteiger partial charge in [0.05, 0.1) is 23.7 Å². The van der Waals surface area contributed by atoms with E-state index in [1.807, 2.05) is 51.1 Å². The first-order chi connectivity index (χ1) is 16.2. The van der Waals surface area contributed by atoms with Gasteiger partial charge in [0.25, 0.3) is 10.0 Å². The van der Waals surface area contributed by atoms with Crippen LogP contribution in [0.25, 0.3) is 0 Å². The Morgan fingerprint density at radius 1 is 1.03 bits per heavy atom. The predicted molar refractivity (Wildman–Crippen MR) is 136 cm³/mol. The molecular weight excluding hydrogens is 472 g/mol. The van der Waals surface area contributed by atoms with Crippen molar-refractivity contribution in [2.24, 2.45) is 0 Å². The summed E-state index contributed by atoms with van der Waals surface area (Å²) >= 11 is 5.95. The Hall–Kier alpha value is -3.03. The third-order valence-electron chi connectivity index (χ3n) is 5.64. The summed E-state index contributed by atoms with van der Waals surface area (Å²) in [4.78, 5) is 13.2. The van der Waals surface area contributed by atoms with Crippen molar-refractivity contribution >= 4 is 33.2 Å². The highest BCUT2D eigenvalue weighted by Gasteiger charge is 2.29. The molecule has 0 heterocycles. The van der Waals surface area contributed by atoms with E-state index in [0.29, 0.717) is 17.1 Å². The van der Waals surface area contributed by atoms with Crippen molar-refractivity contribution in [2.75, 3.05) is 18.0 Å². The van der Waals surface area contributed by atoms with Crippen LogP contribution in [0.2, 0.25) is 5.02 Å². The minimum atomic E-state index is -4.01. The van der Waals surface area contributed by atoms with Gasteiger partial charge in [-0.2, -0.15) is 0 Å². The number of amides is 1. The summed E-state index contributed by atoms with van der Waals surface area (Å²) in [6.45, 7) is 5.36. The maximum Gasteiger partial charge on any atom is 0.264 e. The van der Waals surface area contributed by atoms with E-state index in [0.717, 1.165) is 26.7 Å². The number of halogens is 1. The SMILES string of the molecule is CC[C@H](NC(=O)CN(c1ccccc1C)S(=O)(=O)c1ccc(Cl)cc1)c1ccc(OC)c(C)c1. The van der Waals surface area contributed by atoms with Gasteiger partial charge in [0, 0.05) is 5.02 Å². The van der Waals surface area contributed by atoms with Gasteiger partial charge in [-0.15, -0.1) is 0 Å². The summed E-state index contributed by atoms with van der Waals surface area (Å²) in [7, 11) is -2.40. The standard InChI is InChI=1S/C26H29ClN2O4S/c1-5-23(20-10-15-25(33-4)19(3)16-20)28-26(30)17-29(24-9-7-6-8-18(24)2)34(31,32)22-13-11-21(27)12-14-22/h6-16,23H,5,17H2,1-4H3,(H,28,30)/t23-/m0/s1. The van der Waals surface area contributed by atoms with Crippen LogP contribution in [0, 0.1) is 13.8 Å². The lowest BCUT2D eigenvalue weighted by Gasteiger charge is -2.27. The molecule has 34 heavy (non-hydrogen) atoms. The second-order valence-electron chi connectivity index (χ2n) is 8.01. The molecule has 0 aliphatic heterocycles. The number of sulfonamides is 1. The Morgan fingerprint density at radius 3 is 2.29 bits per heavy atom. The summed E-state index contributed by atoms with van der Waals surface area (Å²) in [5, 5.41) is 3.42. The summed E-state index contributed by atoms with van der Waals surface area (Å²) < 4.78 is 33.6. The van der Waals surface area contributed by atoms with Crippen molar-refractivity contribution in [3.63, 3.8) is 0 Å². The normalized spacial score (nSPS) is 12.1. The van der Waals surface area contributed by atoms with Crippen LogP contribution in [-0.4, -0.2) is 28.0 Å². The lowest BCUT2D eigenvalue weighted by Crippen LogP contribution is -2.42. The van der Waals surface area contributed by atoms with Gasteiger partial charge in [-0.25, -0.2) is 8.42 Å². The van der Waals surface area contributed by atoms with Gasteiger partial charge in [0.15, 0.2) is 0 Å². The lowest BCUT2D eigenvalue weighted by molar-refractivity contribution is -0.120. The van der Waals surface area contributed by atoms with E-state index < -0.39 is 15.9 Å². The van der Waals surface area contributed by atoms with Crippen molar-refractivity contribution in [1.29, 1.82) is 0 Å². The molecule has 8 heteroatoms. The first-order valence-electron chi connectivity index (χ1n) is 10.9. The molecule has 1 atom stereocenters. The smallest absolute Gasteiger partial charge is 0.264 e. The summed E-state index contributed by atoms with van der Waals surface area (Å²) in [6.07, 6.45) is 0.645. The summed E-state index contributed by atoms with van der Waals surface area (Å²) in [5.74, 6) is 0.367. The number of aryl methyl sites for hydroxylation is 2. The van der Waals surface area contributed by atoms with Crippen molar-refractivity contribution < 1.29 is 17.9 Å². The minimum Gasteiger partial charge on any atom is -0.496 e. The highest BCUT2D eigenvalue weighted by Crippen LogP contribution is 2.28. The largest absolute Gasteiger partial charge is 0.496 e. The number of anilines is 1. The molecule has 0 aliphatic carbocycles. The predicted octanol–water partition coefficient (Wildman–Crippen LogP) is 5.43. The van der Waals surface area contributed by atoms with E-state index in [9.17, 15) is 13.2 Å². The Morgan fingerprint density at radius 2 is 1.71 bits per heavy atom. The molecule has 0 spiro atoms. The number of nitrogens with one attached hydrogen (secondary N) is 1. The average molecular weight is 501 g/mol. The van der Waals surface area contributed by atoms with Crippen molar-refractivity contribution in [2.45, 2.75) is 38.1 Å². The van der Waals surface area contributed by atoms with Gasteiger partial charge < -0.3 is 10.1 Å². The number of hydrogen-bond acceptors (Lipinski definition) is 4. The average Bonchev–Trinajstić information content (AvgIpc) is 2.81. The lowest BCUT2D eigenvalue weighted by atomic mass is 10.0. The quantitative estimate of drug-likeness (QED) is 0.425. The van der Waals surface area contributed by atoms with Crippen molar-refractivity contribution in [3.8, 4) is 5.75 Å². The molecule has 1 amide bonds. The van der Waals surface area contributed by atoms with E-state index in [1.54, 1.807) is 19.2 Å². The number of para-hydroxylation sites is 1. The molecule has 0 aliphatic rings. The van der Waals surface area contributed by atoms with Gasteiger partial charge in [0.2, 0.25) is 5.91 Å². The summed E-state index contributed by atoms with van der Waals surface area (Å²) in [6, 6.07) is 18.5. The molecule has 3 aromatic rings. The molecule has 6 nitrogen and oxygen atoms in total. The number of hydrogen-bond donors (Lipinski definition) is 1. The number of carbonyl (C=O) groups excluding carboxylic acids is 1. The van der Waals surface area contributed by atoms with Crippen LogP contribution in [-0.2, 0) is 14.8 Å². The van der Waals surface area contributed by atoms with E-state index in [1.165, 1.54) is 24.3 Å². The van der Waals surface area contributed by atoms with Crippen molar-refractivity contribution in [3.05, 3.63) is 88.4 Å². The van der Waals surface area contributed by atoms with E-state index in [2.05, 4.69) is 5.32 Å². The fraction of sp³-hybridized carbons (Fsp3) is 0.269. The van der Waals surface area contributed by atoms with E-state index >= 15 is 0 Å². The molecule has 0 bridgehead atoms. The van der Waals surface area contributed by atoms with Crippen LogP contribution in [0.4, 0.5) is 5.69 Å². The molecular formula is C26H29ClN2O4S. The molecule has 3 rings (SSSR count). The zero-order valence-electron chi connectivity index (χ0n) is 19.7. The van der Waals surface area contributed by atoms with Crippen LogP contribution in [0.3, 0.4) is 0 Å². The monoisotopic (exact) mass is 500 g/mol. The van der Waals surface area contributed by atoms with Gasteiger partial charge in [-0.05, 0) is 73.4 Å². The molecule has 0 unspecified atom stereocenters. The van der Waals surface area contributed by atoms with Crippen molar-refractivity contribution in [1.82, 2.24) is 5.32 Å². The first-order valence-corrected chi connectivity index (χ1v) is 12.8. The summed E-state index contributed by atoms with van der Waals surface area (Å²) in [5.41, 5.74) is 3.07. The van der Waals surface area contributed by atoms with Gasteiger partial charge in [0.1, 0.15) is 12.3 Å². The Labute approximate surface area is 206 Å². The zero-order valence-corrected chi connectivity index (χ0v) is 21.3. The van der Waals surface area contributed by atoms with Crippen LogP contribution < -0.4 is 14.4 Å². The maximum absolute atomic E-state index is 13.6. The first kappa shape index (κ1) is 25.6. The third kappa shape index (κ3) is 5.72. The molecule has 0 fully saturated rings. The number of ether oxygens (including phenoxy) is 1. The van der Waals surface area contributed by atoms with Gasteiger partial charge >= 0.3 is 0 Å². The van der Waals surface area contributed by atoms with E-state index in [-0.39, 0.29) is 17.5 Å². The minimum absolute atomic E-state index is 0.0609. The number of methoxy groups -OCH3 is 1. The fourth-order valence-corrected chi connectivity index (χ4v) is 5.40. The maximum atomic E-state index is 13.6. The van der Waals surface area contributed by atoms with Crippen LogP contribution in [0.1, 0.15) is 36.1 Å². The molecule has 180 valence electrons. The van der Waals surface area contributed by atoms with E-state index in [4.69, 9.17) is 16.3 Å². The fourth-order valence-electron chi connectivity index (χ4n) is 3.79. The van der Waals surface area contributed by atoms with Crippen LogP contribution in [0.5, 0.6) is 5.75 Å².